The summed E-state index contributed by atoms with van der Waals surface area (Å²) < 4.78 is 10.7. The van der Waals surface area contributed by atoms with Gasteiger partial charge in [-0.15, -0.1) is 11.3 Å². The number of amides is 1. The fourth-order valence-electron chi connectivity index (χ4n) is 5.21. The van der Waals surface area contributed by atoms with Crippen LogP contribution in [0.2, 0.25) is 0 Å². The van der Waals surface area contributed by atoms with E-state index in [1.165, 1.54) is 7.11 Å². The quantitative estimate of drug-likeness (QED) is 0.201. The maximum atomic E-state index is 13.0. The minimum absolute atomic E-state index is 0.162. The number of benzene rings is 3. The van der Waals surface area contributed by atoms with Crippen LogP contribution in [0.1, 0.15) is 42.7 Å². The summed E-state index contributed by atoms with van der Waals surface area (Å²) in [6.07, 6.45) is 0.747. The van der Waals surface area contributed by atoms with Gasteiger partial charge in [-0.05, 0) is 66.6 Å². The van der Waals surface area contributed by atoms with Gasteiger partial charge in [0.15, 0.2) is 0 Å². The lowest BCUT2D eigenvalue weighted by Gasteiger charge is -2.15. The SMILES string of the molecule is COC(=O)C1(c2ccc(-c3ccc(-c4sc5nc(C)ccc5c4NC(=O)O[C@H](C)c4ccccc4)cc3)cc2)CC1. The number of ether oxygens (including phenoxy) is 2. The standard InChI is InChI=1S/C34H30N2O4S/c1-21-9-18-28-29(36-33(38)40-22(2)23-7-5-4-6-8-23)30(41-31(28)35-21)26-12-10-24(11-13-26)25-14-16-27(17-15-25)34(19-20-34)32(37)39-3/h4-18,22H,19-20H2,1-3H3,(H,36,38)/t22-/m1/s1. The normalized spacial score (nSPS) is 14.3. The predicted molar refractivity (Wildman–Crippen MR) is 163 cm³/mol. The minimum atomic E-state index is -0.514. The zero-order valence-electron chi connectivity index (χ0n) is 23.1. The molecule has 206 valence electrons. The van der Waals surface area contributed by atoms with E-state index in [2.05, 4.69) is 41.7 Å². The molecule has 1 atom stereocenters. The number of nitrogens with one attached hydrogen (secondary N) is 1. The van der Waals surface area contributed by atoms with Crippen LogP contribution in [0, 0.1) is 6.92 Å². The Bertz CT molecular complexity index is 1720. The number of fused-ring (bicyclic) bond motifs is 1. The number of aromatic nitrogens is 1. The van der Waals surface area contributed by atoms with E-state index >= 15 is 0 Å². The van der Waals surface area contributed by atoms with Crippen LogP contribution in [0.15, 0.2) is 91.0 Å². The molecule has 0 saturated heterocycles. The summed E-state index contributed by atoms with van der Waals surface area (Å²) in [5, 5.41) is 3.88. The van der Waals surface area contributed by atoms with Gasteiger partial charge < -0.3 is 9.47 Å². The summed E-state index contributed by atoms with van der Waals surface area (Å²) in [6, 6.07) is 30.0. The van der Waals surface area contributed by atoms with Crippen molar-refractivity contribution in [3.63, 3.8) is 0 Å². The Kier molecular flexibility index (Phi) is 7.05. The molecule has 1 fully saturated rings. The van der Waals surface area contributed by atoms with E-state index in [0.717, 1.165) is 61.4 Å². The third-order valence-electron chi connectivity index (χ3n) is 7.72. The number of thiophene rings is 1. The van der Waals surface area contributed by atoms with Crippen LogP contribution in [0.4, 0.5) is 10.5 Å². The Morgan fingerprint density at radius 2 is 1.51 bits per heavy atom. The van der Waals surface area contributed by atoms with Crippen LogP contribution in [0.5, 0.6) is 0 Å². The molecule has 6 nitrogen and oxygen atoms in total. The van der Waals surface area contributed by atoms with E-state index in [9.17, 15) is 9.59 Å². The van der Waals surface area contributed by atoms with Gasteiger partial charge in [0, 0.05) is 11.1 Å². The Morgan fingerprint density at radius 1 is 0.878 bits per heavy atom. The summed E-state index contributed by atoms with van der Waals surface area (Å²) in [5.74, 6) is -0.162. The second-order valence-corrected chi connectivity index (χ2v) is 11.4. The zero-order chi connectivity index (χ0) is 28.6. The second-order valence-electron chi connectivity index (χ2n) is 10.4. The molecule has 1 aliphatic rings. The molecule has 7 heteroatoms. The first-order chi connectivity index (χ1) is 19.9. The summed E-state index contributed by atoms with van der Waals surface area (Å²) in [5.41, 5.74) is 6.15. The fraction of sp³-hybridized carbons (Fsp3) is 0.206. The van der Waals surface area contributed by atoms with E-state index < -0.39 is 17.6 Å². The third kappa shape index (κ3) is 5.21. The lowest BCUT2D eigenvalue weighted by atomic mass is 9.93. The molecule has 1 saturated carbocycles. The molecule has 6 rings (SSSR count). The van der Waals surface area contributed by atoms with Gasteiger partial charge in [-0.2, -0.15) is 0 Å². The molecule has 0 spiro atoms. The fourth-order valence-corrected chi connectivity index (χ4v) is 6.39. The summed E-state index contributed by atoms with van der Waals surface area (Å²) in [7, 11) is 1.45. The van der Waals surface area contributed by atoms with Crippen molar-refractivity contribution in [3.05, 3.63) is 108 Å². The van der Waals surface area contributed by atoms with Crippen molar-refractivity contribution in [2.45, 2.75) is 38.2 Å². The van der Waals surface area contributed by atoms with Crippen molar-refractivity contribution in [2.24, 2.45) is 0 Å². The summed E-state index contributed by atoms with van der Waals surface area (Å²) in [4.78, 5) is 31.7. The second kappa shape index (κ2) is 10.8. The minimum Gasteiger partial charge on any atom is -0.468 e. The Labute approximate surface area is 243 Å². The Balaban J connectivity index is 1.26. The van der Waals surface area contributed by atoms with Crippen LogP contribution >= 0.6 is 11.3 Å². The van der Waals surface area contributed by atoms with Crippen molar-refractivity contribution in [1.82, 2.24) is 4.98 Å². The maximum Gasteiger partial charge on any atom is 0.412 e. The largest absolute Gasteiger partial charge is 0.468 e. The van der Waals surface area contributed by atoms with Gasteiger partial charge in [-0.25, -0.2) is 9.78 Å². The number of esters is 1. The van der Waals surface area contributed by atoms with E-state index in [1.807, 2.05) is 68.4 Å². The van der Waals surface area contributed by atoms with Gasteiger partial charge in [0.1, 0.15) is 10.9 Å². The molecule has 2 aromatic heterocycles. The third-order valence-corrected chi connectivity index (χ3v) is 8.87. The molecule has 0 bridgehead atoms. The molecular weight excluding hydrogens is 532 g/mol. The number of pyridine rings is 1. The molecule has 41 heavy (non-hydrogen) atoms. The van der Waals surface area contributed by atoms with E-state index in [4.69, 9.17) is 14.5 Å². The highest BCUT2D eigenvalue weighted by atomic mass is 32.1. The van der Waals surface area contributed by atoms with Crippen molar-refractivity contribution >= 4 is 39.3 Å². The molecule has 1 amide bonds. The smallest absolute Gasteiger partial charge is 0.412 e. The zero-order valence-corrected chi connectivity index (χ0v) is 24.0. The molecular formula is C34H30N2O4S. The van der Waals surface area contributed by atoms with Crippen molar-refractivity contribution in [1.29, 1.82) is 0 Å². The summed E-state index contributed by atoms with van der Waals surface area (Å²) >= 11 is 1.54. The molecule has 2 heterocycles. The first-order valence-electron chi connectivity index (χ1n) is 13.6. The molecule has 0 unspecified atom stereocenters. The number of anilines is 1. The topological polar surface area (TPSA) is 77.5 Å². The van der Waals surface area contributed by atoms with E-state index in [1.54, 1.807) is 11.3 Å². The van der Waals surface area contributed by atoms with Crippen LogP contribution in [-0.2, 0) is 19.7 Å². The number of aryl methyl sites for hydroxylation is 1. The predicted octanol–water partition coefficient (Wildman–Crippen LogP) is 8.45. The van der Waals surface area contributed by atoms with Crippen LogP contribution in [0.25, 0.3) is 31.8 Å². The monoisotopic (exact) mass is 562 g/mol. The molecule has 5 aromatic rings. The highest BCUT2D eigenvalue weighted by molar-refractivity contribution is 7.22. The number of hydrogen-bond donors (Lipinski definition) is 1. The number of hydrogen-bond acceptors (Lipinski definition) is 6. The highest BCUT2D eigenvalue weighted by Crippen LogP contribution is 2.49. The first-order valence-corrected chi connectivity index (χ1v) is 14.4. The highest BCUT2D eigenvalue weighted by Gasteiger charge is 2.52. The van der Waals surface area contributed by atoms with Crippen LogP contribution < -0.4 is 5.32 Å². The first kappa shape index (κ1) is 26.7. The lowest BCUT2D eigenvalue weighted by Crippen LogP contribution is -2.21. The molecule has 0 radical (unpaired) electrons. The molecule has 0 aliphatic heterocycles. The van der Waals surface area contributed by atoms with Gasteiger partial charge in [0.2, 0.25) is 0 Å². The van der Waals surface area contributed by atoms with Crippen molar-refractivity contribution in [2.75, 3.05) is 12.4 Å². The molecule has 1 N–H and O–H groups in total. The van der Waals surface area contributed by atoms with Gasteiger partial charge in [-0.1, -0.05) is 78.9 Å². The van der Waals surface area contributed by atoms with Crippen LogP contribution in [-0.4, -0.2) is 24.2 Å². The number of carbonyl (C=O) groups excluding carboxylic acids is 2. The number of carbonyl (C=O) groups is 2. The van der Waals surface area contributed by atoms with E-state index in [-0.39, 0.29) is 5.97 Å². The number of nitrogens with zero attached hydrogens (tertiary/aromatic N) is 1. The molecule has 1 aliphatic carbocycles. The maximum absolute atomic E-state index is 13.0. The van der Waals surface area contributed by atoms with Crippen molar-refractivity contribution < 1.29 is 19.1 Å². The lowest BCUT2D eigenvalue weighted by molar-refractivity contribution is -0.143. The van der Waals surface area contributed by atoms with Crippen molar-refractivity contribution in [3.8, 4) is 21.6 Å². The summed E-state index contributed by atoms with van der Waals surface area (Å²) in [6.45, 7) is 3.82. The number of rotatable bonds is 7. The average Bonchev–Trinajstić information content (AvgIpc) is 3.75. The van der Waals surface area contributed by atoms with Gasteiger partial charge in [-0.3, -0.25) is 10.1 Å². The molecule has 3 aromatic carbocycles. The van der Waals surface area contributed by atoms with Crippen LogP contribution in [0.3, 0.4) is 0 Å². The van der Waals surface area contributed by atoms with Gasteiger partial charge in [0.25, 0.3) is 0 Å². The Hall–Kier alpha value is -4.49. The Morgan fingerprint density at radius 3 is 2.15 bits per heavy atom. The number of methoxy groups -OCH3 is 1. The van der Waals surface area contributed by atoms with Gasteiger partial charge in [0.05, 0.1) is 23.1 Å². The van der Waals surface area contributed by atoms with Gasteiger partial charge >= 0.3 is 12.1 Å². The van der Waals surface area contributed by atoms with E-state index in [0.29, 0.717) is 5.69 Å². The average molecular weight is 563 g/mol.